The molecule has 0 bridgehead atoms. The van der Waals surface area contributed by atoms with E-state index in [9.17, 15) is 10.1 Å². The second-order valence-electron chi connectivity index (χ2n) is 7.85. The van der Waals surface area contributed by atoms with Crippen molar-refractivity contribution in [3.63, 3.8) is 0 Å². The molecule has 2 aromatic carbocycles. The number of methoxy groups -OCH3 is 1. The smallest absolute Gasteiger partial charge is 0.334 e. The molecule has 2 aromatic rings. The van der Waals surface area contributed by atoms with Gasteiger partial charge in [-0.2, -0.15) is 10.5 Å². The molecule has 0 fully saturated rings. The van der Waals surface area contributed by atoms with Crippen LogP contribution in [0.2, 0.25) is 0 Å². The average Bonchev–Trinajstić information content (AvgIpc) is 2.81. The van der Waals surface area contributed by atoms with Gasteiger partial charge in [-0.1, -0.05) is 36.3 Å². The maximum Gasteiger partial charge on any atom is 0.334 e. The van der Waals surface area contributed by atoms with Crippen molar-refractivity contribution in [3.05, 3.63) is 69.8 Å². The summed E-state index contributed by atoms with van der Waals surface area (Å²) < 4.78 is 17.1. The van der Waals surface area contributed by atoms with Gasteiger partial charge in [-0.15, -0.1) is 0 Å². The van der Waals surface area contributed by atoms with Crippen LogP contribution >= 0.6 is 0 Å². The number of aryl methyl sites for hydroxylation is 1. The second-order valence-corrected chi connectivity index (χ2v) is 7.85. The lowest BCUT2D eigenvalue weighted by atomic mass is 9.81. The minimum absolute atomic E-state index is 0.0103. The van der Waals surface area contributed by atoms with Crippen molar-refractivity contribution in [2.75, 3.05) is 20.3 Å². The van der Waals surface area contributed by atoms with E-state index in [2.05, 4.69) is 6.07 Å². The number of ether oxygens (including phenoxy) is 3. The standard InChI is InChI=1S/C27H30N2O4/c1-6-13-32-23-11-8-19(4)15-22(23)26(21-10-9-20(17-29)16-24(21)31-5)25(18(2)3)27(30)33-14-7-12-28/h8-11,15-16,26H,6-7,13-14H2,1-5H3/t26-/m0/s1. The molecule has 0 saturated heterocycles. The quantitative estimate of drug-likeness (QED) is 0.268. The van der Waals surface area contributed by atoms with Gasteiger partial charge in [-0.05, 0) is 45.4 Å². The maximum absolute atomic E-state index is 13.3. The molecule has 6 heteroatoms. The molecule has 0 aliphatic heterocycles. The van der Waals surface area contributed by atoms with Gasteiger partial charge in [0.05, 0.1) is 37.8 Å². The lowest BCUT2D eigenvalue weighted by molar-refractivity contribution is -0.139. The lowest BCUT2D eigenvalue weighted by Gasteiger charge is -2.26. The first-order chi connectivity index (χ1) is 15.9. The van der Waals surface area contributed by atoms with Crippen LogP contribution in [0.5, 0.6) is 11.5 Å². The van der Waals surface area contributed by atoms with Crippen LogP contribution in [0.25, 0.3) is 0 Å². The van der Waals surface area contributed by atoms with Crippen LogP contribution in [0.3, 0.4) is 0 Å². The molecule has 0 unspecified atom stereocenters. The summed E-state index contributed by atoms with van der Waals surface area (Å²) in [6.45, 7) is 8.26. The van der Waals surface area contributed by atoms with Crippen molar-refractivity contribution in [2.45, 2.75) is 46.5 Å². The Balaban J connectivity index is 2.80. The van der Waals surface area contributed by atoms with Gasteiger partial charge in [0.2, 0.25) is 0 Å². The summed E-state index contributed by atoms with van der Waals surface area (Å²) in [5.74, 6) is 0.108. The fourth-order valence-corrected chi connectivity index (χ4v) is 3.61. The largest absolute Gasteiger partial charge is 0.496 e. The van der Waals surface area contributed by atoms with Gasteiger partial charge in [-0.25, -0.2) is 4.79 Å². The van der Waals surface area contributed by atoms with Gasteiger partial charge in [-0.3, -0.25) is 0 Å². The van der Waals surface area contributed by atoms with Crippen LogP contribution in [0, 0.1) is 29.6 Å². The third kappa shape index (κ3) is 6.37. The van der Waals surface area contributed by atoms with Crippen molar-refractivity contribution in [2.24, 2.45) is 0 Å². The molecule has 1 atom stereocenters. The first kappa shape index (κ1) is 25.5. The number of carbonyl (C=O) groups is 1. The molecule has 0 aromatic heterocycles. The van der Waals surface area contributed by atoms with E-state index in [0.717, 1.165) is 28.7 Å². The predicted octanol–water partition coefficient (Wildman–Crippen LogP) is 5.59. The normalized spacial score (nSPS) is 11.0. The highest BCUT2D eigenvalue weighted by molar-refractivity contribution is 5.92. The van der Waals surface area contributed by atoms with E-state index < -0.39 is 11.9 Å². The Morgan fingerprint density at radius 2 is 1.79 bits per heavy atom. The Kier molecular flexibility index (Phi) is 9.51. The van der Waals surface area contributed by atoms with Crippen LogP contribution in [-0.4, -0.2) is 26.3 Å². The molecule has 0 amide bonds. The Bertz CT molecular complexity index is 1100. The third-order valence-electron chi connectivity index (χ3n) is 5.11. The fourth-order valence-electron chi connectivity index (χ4n) is 3.61. The minimum Gasteiger partial charge on any atom is -0.496 e. The van der Waals surface area contributed by atoms with Gasteiger partial charge < -0.3 is 14.2 Å². The van der Waals surface area contributed by atoms with E-state index >= 15 is 0 Å². The van der Waals surface area contributed by atoms with Crippen molar-refractivity contribution in [1.82, 2.24) is 0 Å². The number of hydrogen-bond donors (Lipinski definition) is 0. The van der Waals surface area contributed by atoms with Gasteiger partial charge in [0.1, 0.15) is 18.1 Å². The van der Waals surface area contributed by atoms with Crippen molar-refractivity contribution in [1.29, 1.82) is 10.5 Å². The Morgan fingerprint density at radius 3 is 2.39 bits per heavy atom. The van der Waals surface area contributed by atoms with Gasteiger partial charge >= 0.3 is 5.97 Å². The predicted molar refractivity (Wildman–Crippen MR) is 126 cm³/mol. The summed E-state index contributed by atoms with van der Waals surface area (Å²) in [6.07, 6.45) is 0.950. The summed E-state index contributed by atoms with van der Waals surface area (Å²) >= 11 is 0. The van der Waals surface area contributed by atoms with E-state index in [1.54, 1.807) is 18.2 Å². The molecule has 0 spiro atoms. The van der Waals surface area contributed by atoms with Crippen LogP contribution in [-0.2, 0) is 9.53 Å². The Morgan fingerprint density at radius 1 is 1.03 bits per heavy atom. The number of hydrogen-bond acceptors (Lipinski definition) is 6. The zero-order valence-electron chi connectivity index (χ0n) is 19.9. The van der Waals surface area contributed by atoms with Crippen molar-refractivity contribution < 1.29 is 19.0 Å². The highest BCUT2D eigenvalue weighted by Gasteiger charge is 2.32. The molecule has 2 rings (SSSR count). The van der Waals surface area contributed by atoms with Gasteiger partial charge in [0, 0.05) is 22.6 Å². The molecule has 0 heterocycles. The molecule has 6 nitrogen and oxygen atoms in total. The van der Waals surface area contributed by atoms with E-state index in [0.29, 0.717) is 29.2 Å². The molecule has 0 aliphatic carbocycles. The number of rotatable bonds is 10. The van der Waals surface area contributed by atoms with Crippen LogP contribution < -0.4 is 9.47 Å². The van der Waals surface area contributed by atoms with Crippen LogP contribution in [0.1, 0.15) is 61.8 Å². The summed E-state index contributed by atoms with van der Waals surface area (Å²) in [7, 11) is 1.54. The number of carbonyl (C=O) groups excluding carboxylic acids is 1. The van der Waals surface area contributed by atoms with Crippen molar-refractivity contribution in [3.8, 4) is 23.6 Å². The zero-order valence-corrected chi connectivity index (χ0v) is 19.9. The SMILES string of the molecule is CCCOc1ccc(C)cc1[C@@H](C(C(=O)OCCC#N)=C(C)C)c1ccc(C#N)cc1OC. The van der Waals surface area contributed by atoms with Crippen LogP contribution in [0.15, 0.2) is 47.5 Å². The first-order valence-electron chi connectivity index (χ1n) is 10.9. The number of allylic oxidation sites excluding steroid dienone is 1. The molecule has 0 aliphatic rings. The number of esters is 1. The number of benzene rings is 2. The minimum atomic E-state index is -0.556. The van der Waals surface area contributed by atoms with Crippen molar-refractivity contribution >= 4 is 5.97 Å². The van der Waals surface area contributed by atoms with E-state index in [1.807, 2.05) is 52.0 Å². The highest BCUT2D eigenvalue weighted by atomic mass is 16.5. The first-order valence-corrected chi connectivity index (χ1v) is 10.9. The summed E-state index contributed by atoms with van der Waals surface area (Å²) in [5.41, 5.74) is 4.21. The second kappa shape index (κ2) is 12.3. The van der Waals surface area contributed by atoms with Gasteiger partial charge in [0.25, 0.3) is 0 Å². The Labute approximate surface area is 196 Å². The van der Waals surface area contributed by atoms with E-state index in [-0.39, 0.29) is 13.0 Å². The molecule has 0 saturated carbocycles. The third-order valence-corrected chi connectivity index (χ3v) is 5.11. The zero-order chi connectivity index (χ0) is 24.4. The topological polar surface area (TPSA) is 92.3 Å². The average molecular weight is 447 g/mol. The Hall–Kier alpha value is -3.77. The monoisotopic (exact) mass is 446 g/mol. The molecule has 0 N–H and O–H groups in total. The van der Waals surface area contributed by atoms with E-state index in [1.165, 1.54) is 7.11 Å². The molecule has 0 radical (unpaired) electrons. The molecular formula is C27H30N2O4. The number of nitriles is 2. The summed E-state index contributed by atoms with van der Waals surface area (Å²) in [4.78, 5) is 13.3. The molecule has 33 heavy (non-hydrogen) atoms. The van der Waals surface area contributed by atoms with E-state index in [4.69, 9.17) is 19.5 Å². The summed E-state index contributed by atoms with van der Waals surface area (Å²) in [5, 5.41) is 18.2. The van der Waals surface area contributed by atoms with Crippen LogP contribution in [0.4, 0.5) is 0 Å². The molecule has 172 valence electrons. The highest BCUT2D eigenvalue weighted by Crippen LogP contribution is 2.43. The van der Waals surface area contributed by atoms with Gasteiger partial charge in [0.15, 0.2) is 0 Å². The molecular weight excluding hydrogens is 416 g/mol. The summed E-state index contributed by atoms with van der Waals surface area (Å²) in [6, 6.07) is 15.2. The number of nitrogens with zero attached hydrogens (tertiary/aromatic N) is 2. The lowest BCUT2D eigenvalue weighted by Crippen LogP contribution is -2.19. The maximum atomic E-state index is 13.3. The fraction of sp³-hybridized carbons (Fsp3) is 0.370.